The molecule has 2 atom stereocenters. The Labute approximate surface area is 160 Å². The van der Waals surface area contributed by atoms with E-state index in [2.05, 4.69) is 17.6 Å². The molecule has 5 heteroatoms. The van der Waals surface area contributed by atoms with Gasteiger partial charge in [0.25, 0.3) is 0 Å². The van der Waals surface area contributed by atoms with Gasteiger partial charge in [-0.1, -0.05) is 86.0 Å². The van der Waals surface area contributed by atoms with E-state index in [0.29, 0.717) is 0 Å². The fraction of sp³-hybridized carbons (Fsp3) is 0.905. The van der Waals surface area contributed by atoms with Gasteiger partial charge in [0.2, 0.25) is 5.91 Å². The number of hydrogen-bond acceptors (Lipinski definition) is 3. The smallest absolute Gasteiger partial charge is 0.326 e. The van der Waals surface area contributed by atoms with Crippen LogP contribution in [0.1, 0.15) is 92.4 Å². The molecule has 0 aromatic heterocycles. The first-order valence-electron chi connectivity index (χ1n) is 10.6. The van der Waals surface area contributed by atoms with Gasteiger partial charge in [-0.3, -0.25) is 4.79 Å². The fourth-order valence-electron chi connectivity index (χ4n) is 3.08. The average Bonchev–Trinajstić information content (AvgIpc) is 2.56. The Hall–Kier alpha value is -1.10. The van der Waals surface area contributed by atoms with E-state index >= 15 is 0 Å². The molecule has 0 rings (SSSR count). The van der Waals surface area contributed by atoms with Gasteiger partial charge in [-0.15, -0.1) is 0 Å². The quantitative estimate of drug-likeness (QED) is 0.353. The van der Waals surface area contributed by atoms with Gasteiger partial charge in [-0.2, -0.15) is 0 Å². The molecule has 0 aromatic carbocycles. The van der Waals surface area contributed by atoms with Crippen molar-refractivity contribution in [1.82, 2.24) is 10.6 Å². The van der Waals surface area contributed by atoms with E-state index in [1.54, 1.807) is 13.8 Å². The van der Waals surface area contributed by atoms with Crippen LogP contribution in [0.25, 0.3) is 0 Å². The van der Waals surface area contributed by atoms with Crippen LogP contribution in [0.15, 0.2) is 0 Å². The Morgan fingerprint density at radius 3 is 1.65 bits per heavy atom. The number of carbonyl (C=O) groups is 2. The topological polar surface area (TPSA) is 78.4 Å². The summed E-state index contributed by atoms with van der Waals surface area (Å²) in [5, 5.41) is 15.2. The SMILES string of the molecule is CCCCCCCCCCCN[C@H](C(=O)N[C@H](C(=O)O)C(C)C)C(C)C. The molecule has 0 fully saturated rings. The van der Waals surface area contributed by atoms with Crippen molar-refractivity contribution in [2.24, 2.45) is 11.8 Å². The minimum Gasteiger partial charge on any atom is -0.480 e. The summed E-state index contributed by atoms with van der Waals surface area (Å²) in [4.78, 5) is 23.7. The van der Waals surface area contributed by atoms with E-state index in [9.17, 15) is 14.7 Å². The second-order valence-electron chi connectivity index (χ2n) is 8.07. The van der Waals surface area contributed by atoms with Gasteiger partial charge in [0, 0.05) is 0 Å². The molecular formula is C21H42N2O3. The van der Waals surface area contributed by atoms with Crippen LogP contribution in [0.2, 0.25) is 0 Å². The van der Waals surface area contributed by atoms with Crippen molar-refractivity contribution in [1.29, 1.82) is 0 Å². The zero-order valence-corrected chi connectivity index (χ0v) is 17.6. The lowest BCUT2D eigenvalue weighted by atomic mass is 10.00. The van der Waals surface area contributed by atoms with Crippen molar-refractivity contribution in [2.75, 3.05) is 6.54 Å². The predicted octanol–water partition coefficient (Wildman–Crippen LogP) is 4.36. The van der Waals surface area contributed by atoms with Gasteiger partial charge >= 0.3 is 5.97 Å². The molecule has 0 aliphatic rings. The van der Waals surface area contributed by atoms with Crippen LogP contribution in [-0.4, -0.2) is 35.6 Å². The summed E-state index contributed by atoms with van der Waals surface area (Å²) in [5.74, 6) is -1.21. The standard InChI is InChI=1S/C21H42N2O3/c1-6-7-8-9-10-11-12-13-14-15-22-18(16(2)3)20(24)23-19(17(4)5)21(25)26/h16-19,22H,6-15H2,1-5H3,(H,23,24)(H,25,26)/t18-,19-/m0/s1. The molecule has 0 radical (unpaired) electrons. The molecule has 0 spiro atoms. The summed E-state index contributed by atoms with van der Waals surface area (Å²) in [6.45, 7) is 10.6. The van der Waals surface area contributed by atoms with Crippen LogP contribution in [0.5, 0.6) is 0 Å². The summed E-state index contributed by atoms with van der Waals surface area (Å²) in [6, 6.07) is -1.18. The van der Waals surface area contributed by atoms with Crippen LogP contribution < -0.4 is 10.6 Å². The molecule has 5 nitrogen and oxygen atoms in total. The summed E-state index contributed by atoms with van der Waals surface area (Å²) in [5.41, 5.74) is 0. The third-order valence-electron chi connectivity index (χ3n) is 4.82. The second-order valence-corrected chi connectivity index (χ2v) is 8.07. The number of unbranched alkanes of at least 4 members (excludes halogenated alkanes) is 8. The predicted molar refractivity (Wildman–Crippen MR) is 108 cm³/mol. The normalized spacial score (nSPS) is 13.8. The highest BCUT2D eigenvalue weighted by molar-refractivity contribution is 5.87. The molecule has 0 saturated carbocycles. The number of aliphatic carboxylic acids is 1. The van der Waals surface area contributed by atoms with Gasteiger partial charge in [-0.05, 0) is 24.8 Å². The molecule has 0 aromatic rings. The van der Waals surface area contributed by atoms with Crippen LogP contribution in [0.3, 0.4) is 0 Å². The lowest BCUT2D eigenvalue weighted by Crippen LogP contribution is -2.53. The molecule has 154 valence electrons. The lowest BCUT2D eigenvalue weighted by Gasteiger charge is -2.25. The molecule has 0 saturated heterocycles. The Bertz CT molecular complexity index is 383. The van der Waals surface area contributed by atoms with Crippen LogP contribution >= 0.6 is 0 Å². The first-order valence-corrected chi connectivity index (χ1v) is 10.6. The van der Waals surface area contributed by atoms with Crippen molar-refractivity contribution in [3.63, 3.8) is 0 Å². The maximum Gasteiger partial charge on any atom is 0.326 e. The summed E-state index contributed by atoms with van der Waals surface area (Å²) in [6.07, 6.45) is 11.5. The molecule has 0 bridgehead atoms. The molecular weight excluding hydrogens is 328 g/mol. The Kier molecular flexibility index (Phi) is 14.4. The van der Waals surface area contributed by atoms with Crippen LogP contribution in [0, 0.1) is 11.8 Å². The third-order valence-corrected chi connectivity index (χ3v) is 4.82. The number of amides is 1. The van der Waals surface area contributed by atoms with Crippen molar-refractivity contribution < 1.29 is 14.7 Å². The zero-order valence-electron chi connectivity index (χ0n) is 17.6. The minimum atomic E-state index is -0.977. The first-order chi connectivity index (χ1) is 12.3. The molecule has 0 unspecified atom stereocenters. The molecule has 0 aliphatic carbocycles. The maximum absolute atomic E-state index is 12.5. The van der Waals surface area contributed by atoms with Gasteiger partial charge in [0.05, 0.1) is 6.04 Å². The van der Waals surface area contributed by atoms with Gasteiger partial charge in [0.1, 0.15) is 6.04 Å². The highest BCUT2D eigenvalue weighted by atomic mass is 16.4. The molecule has 0 aliphatic heterocycles. The van der Waals surface area contributed by atoms with E-state index in [1.807, 2.05) is 13.8 Å². The molecule has 26 heavy (non-hydrogen) atoms. The van der Waals surface area contributed by atoms with Gasteiger partial charge < -0.3 is 15.7 Å². The monoisotopic (exact) mass is 370 g/mol. The Morgan fingerprint density at radius 2 is 1.23 bits per heavy atom. The zero-order chi connectivity index (χ0) is 19.9. The number of carboxylic acids is 1. The van der Waals surface area contributed by atoms with Crippen LogP contribution in [0.4, 0.5) is 0 Å². The van der Waals surface area contributed by atoms with E-state index in [0.717, 1.165) is 13.0 Å². The molecule has 3 N–H and O–H groups in total. The summed E-state index contributed by atoms with van der Waals surface area (Å²) < 4.78 is 0. The Morgan fingerprint density at radius 1 is 0.769 bits per heavy atom. The van der Waals surface area contributed by atoms with Crippen molar-refractivity contribution in [3.05, 3.63) is 0 Å². The fourth-order valence-corrected chi connectivity index (χ4v) is 3.08. The van der Waals surface area contributed by atoms with Crippen molar-refractivity contribution in [3.8, 4) is 0 Å². The van der Waals surface area contributed by atoms with E-state index in [1.165, 1.54) is 51.4 Å². The average molecular weight is 371 g/mol. The first kappa shape index (κ1) is 24.9. The number of nitrogens with one attached hydrogen (secondary N) is 2. The number of carboxylic acid groups (broad SMARTS) is 1. The Balaban J connectivity index is 4.06. The number of carbonyl (C=O) groups excluding carboxylic acids is 1. The van der Waals surface area contributed by atoms with Gasteiger partial charge in [-0.25, -0.2) is 4.79 Å². The van der Waals surface area contributed by atoms with Crippen molar-refractivity contribution in [2.45, 2.75) is 104 Å². The second kappa shape index (κ2) is 15.0. The number of hydrogen-bond donors (Lipinski definition) is 3. The minimum absolute atomic E-state index is 0.121. The lowest BCUT2D eigenvalue weighted by molar-refractivity contribution is -0.143. The van der Waals surface area contributed by atoms with E-state index < -0.39 is 12.0 Å². The van der Waals surface area contributed by atoms with E-state index in [4.69, 9.17) is 0 Å². The summed E-state index contributed by atoms with van der Waals surface area (Å²) in [7, 11) is 0. The third kappa shape index (κ3) is 11.5. The van der Waals surface area contributed by atoms with E-state index in [-0.39, 0.29) is 23.8 Å². The van der Waals surface area contributed by atoms with Crippen LogP contribution in [-0.2, 0) is 9.59 Å². The summed E-state index contributed by atoms with van der Waals surface area (Å²) >= 11 is 0. The molecule has 0 heterocycles. The number of rotatable bonds is 16. The van der Waals surface area contributed by atoms with Crippen molar-refractivity contribution >= 4 is 11.9 Å². The van der Waals surface area contributed by atoms with Gasteiger partial charge in [0.15, 0.2) is 0 Å². The molecule has 1 amide bonds. The maximum atomic E-state index is 12.5. The highest BCUT2D eigenvalue weighted by Gasteiger charge is 2.28. The largest absolute Gasteiger partial charge is 0.480 e. The highest BCUT2D eigenvalue weighted by Crippen LogP contribution is 2.10.